The van der Waals surface area contributed by atoms with Gasteiger partial charge >= 0.3 is 0 Å². The zero-order valence-electron chi connectivity index (χ0n) is 9.45. The van der Waals surface area contributed by atoms with Gasteiger partial charge in [0.1, 0.15) is 16.8 Å². The quantitative estimate of drug-likeness (QED) is 0.820. The van der Waals surface area contributed by atoms with Crippen molar-refractivity contribution in [3.63, 3.8) is 0 Å². The van der Waals surface area contributed by atoms with Crippen LogP contribution in [0.1, 0.15) is 11.1 Å². The first-order valence-electron chi connectivity index (χ1n) is 5.10. The van der Waals surface area contributed by atoms with E-state index in [2.05, 4.69) is 4.98 Å². The molecule has 1 aromatic heterocycles. The number of ether oxygens (including phenoxy) is 1. The molecule has 0 aliphatic rings. The van der Waals surface area contributed by atoms with E-state index in [0.29, 0.717) is 16.3 Å². The Bertz CT molecular complexity index is 635. The Kier molecular flexibility index (Phi) is 3.71. The minimum absolute atomic E-state index is 0.194. The summed E-state index contributed by atoms with van der Waals surface area (Å²) in [6.45, 7) is 1.88. The Morgan fingerprint density at radius 1 is 1.28 bits per heavy atom. The third kappa shape index (κ3) is 2.56. The maximum absolute atomic E-state index is 8.87. The number of rotatable bonds is 2. The van der Waals surface area contributed by atoms with Crippen molar-refractivity contribution in [2.75, 3.05) is 0 Å². The van der Waals surface area contributed by atoms with Gasteiger partial charge in [0, 0.05) is 11.2 Å². The molecule has 0 saturated heterocycles. The van der Waals surface area contributed by atoms with Crippen molar-refractivity contribution in [3.8, 4) is 17.7 Å². The van der Waals surface area contributed by atoms with Crippen molar-refractivity contribution in [1.29, 1.82) is 5.26 Å². The van der Waals surface area contributed by atoms with Gasteiger partial charge in [0.05, 0.1) is 5.56 Å². The maximum atomic E-state index is 8.87. The van der Waals surface area contributed by atoms with Crippen LogP contribution in [0, 0.1) is 18.3 Å². The summed E-state index contributed by atoms with van der Waals surface area (Å²) < 4.78 is 5.58. The summed E-state index contributed by atoms with van der Waals surface area (Å²) in [7, 11) is 0. The van der Waals surface area contributed by atoms with E-state index in [9.17, 15) is 0 Å². The highest BCUT2D eigenvalue weighted by atomic mass is 35.5. The van der Waals surface area contributed by atoms with Crippen molar-refractivity contribution in [3.05, 3.63) is 51.6 Å². The van der Waals surface area contributed by atoms with Crippen molar-refractivity contribution >= 4 is 23.2 Å². The lowest BCUT2D eigenvalue weighted by Crippen LogP contribution is -1.92. The molecular weight excluding hydrogens is 271 g/mol. The number of pyridine rings is 1. The normalized spacial score (nSPS) is 9.89. The molecule has 90 valence electrons. The number of halogens is 2. The zero-order valence-corrected chi connectivity index (χ0v) is 11.0. The van der Waals surface area contributed by atoms with Crippen molar-refractivity contribution < 1.29 is 4.74 Å². The van der Waals surface area contributed by atoms with E-state index < -0.39 is 0 Å². The third-order valence-corrected chi connectivity index (χ3v) is 2.93. The van der Waals surface area contributed by atoms with Crippen LogP contribution in [0.25, 0.3) is 0 Å². The summed E-state index contributed by atoms with van der Waals surface area (Å²) in [5.74, 6) is 0.757. The Balaban J connectivity index is 2.41. The molecule has 0 fully saturated rings. The first-order chi connectivity index (χ1) is 8.61. The van der Waals surface area contributed by atoms with E-state index in [1.165, 1.54) is 12.3 Å². The van der Waals surface area contributed by atoms with Gasteiger partial charge in [0.25, 0.3) is 0 Å². The predicted octanol–water partition coefficient (Wildman–Crippen LogP) is 4.36. The van der Waals surface area contributed by atoms with Crippen LogP contribution in [0.2, 0.25) is 10.0 Å². The average Bonchev–Trinajstić information content (AvgIpc) is 2.36. The minimum atomic E-state index is 0.194. The fourth-order valence-electron chi connectivity index (χ4n) is 1.37. The number of aromatic nitrogens is 1. The molecule has 2 rings (SSSR count). The highest BCUT2D eigenvalue weighted by Gasteiger charge is 2.11. The summed E-state index contributed by atoms with van der Waals surface area (Å²) in [5, 5.41) is 9.62. The van der Waals surface area contributed by atoms with Gasteiger partial charge in [-0.05, 0) is 30.7 Å². The van der Waals surface area contributed by atoms with Crippen LogP contribution >= 0.6 is 23.2 Å². The molecule has 5 heteroatoms. The largest absolute Gasteiger partial charge is 0.437 e. The minimum Gasteiger partial charge on any atom is -0.437 e. The lowest BCUT2D eigenvalue weighted by molar-refractivity contribution is 0.459. The van der Waals surface area contributed by atoms with E-state index in [1.54, 1.807) is 12.1 Å². The Hall–Kier alpha value is -1.76. The molecule has 0 saturated carbocycles. The number of hydrogen-bond acceptors (Lipinski definition) is 3. The van der Waals surface area contributed by atoms with Crippen LogP contribution in [0.4, 0.5) is 0 Å². The van der Waals surface area contributed by atoms with Gasteiger partial charge in [-0.3, -0.25) is 0 Å². The van der Waals surface area contributed by atoms with Gasteiger partial charge in [-0.15, -0.1) is 0 Å². The molecule has 0 aliphatic carbocycles. The fraction of sp³-hybridized carbons (Fsp3) is 0.0769. The van der Waals surface area contributed by atoms with Crippen LogP contribution in [0.15, 0.2) is 30.5 Å². The number of nitrogens with zero attached hydrogens (tertiary/aromatic N) is 2. The van der Waals surface area contributed by atoms with E-state index in [1.807, 2.05) is 19.1 Å². The Morgan fingerprint density at radius 2 is 2.06 bits per heavy atom. The smallest absolute Gasteiger partial charge is 0.239 e. The molecule has 0 aliphatic heterocycles. The molecule has 0 atom stereocenters. The number of hydrogen-bond donors (Lipinski definition) is 0. The molecule has 0 amide bonds. The van der Waals surface area contributed by atoms with E-state index in [4.69, 9.17) is 33.2 Å². The molecule has 1 aromatic carbocycles. The third-order valence-electron chi connectivity index (χ3n) is 2.33. The Labute approximate surface area is 115 Å². The molecule has 0 bridgehead atoms. The second-order valence-corrected chi connectivity index (χ2v) is 4.42. The molecule has 0 spiro atoms. The van der Waals surface area contributed by atoms with Gasteiger partial charge in [0.2, 0.25) is 5.88 Å². The lowest BCUT2D eigenvalue weighted by Gasteiger charge is -2.09. The second-order valence-electron chi connectivity index (χ2n) is 3.60. The zero-order chi connectivity index (χ0) is 13.1. The van der Waals surface area contributed by atoms with Gasteiger partial charge < -0.3 is 4.74 Å². The van der Waals surface area contributed by atoms with Crippen LogP contribution in [0.3, 0.4) is 0 Å². The molecule has 0 unspecified atom stereocenters. The molecule has 3 nitrogen and oxygen atoms in total. The first kappa shape index (κ1) is 12.7. The monoisotopic (exact) mass is 278 g/mol. The summed E-state index contributed by atoms with van der Waals surface area (Å²) in [5.41, 5.74) is 1.22. The molecule has 0 radical (unpaired) electrons. The van der Waals surface area contributed by atoms with Crippen molar-refractivity contribution in [2.24, 2.45) is 0 Å². The number of benzene rings is 1. The van der Waals surface area contributed by atoms with Crippen molar-refractivity contribution in [1.82, 2.24) is 4.98 Å². The topological polar surface area (TPSA) is 45.9 Å². The lowest BCUT2D eigenvalue weighted by atomic mass is 10.2. The fourth-order valence-corrected chi connectivity index (χ4v) is 1.72. The van der Waals surface area contributed by atoms with Crippen molar-refractivity contribution in [2.45, 2.75) is 6.92 Å². The molecule has 1 heterocycles. The van der Waals surface area contributed by atoms with E-state index in [0.717, 1.165) is 5.56 Å². The summed E-state index contributed by atoms with van der Waals surface area (Å²) in [4.78, 5) is 4.00. The van der Waals surface area contributed by atoms with Gasteiger partial charge in [-0.2, -0.15) is 5.26 Å². The van der Waals surface area contributed by atoms with Gasteiger partial charge in [-0.25, -0.2) is 4.98 Å². The van der Waals surface area contributed by atoms with Gasteiger partial charge in [-0.1, -0.05) is 29.3 Å². The predicted molar refractivity (Wildman–Crippen MR) is 70.2 cm³/mol. The summed E-state index contributed by atoms with van der Waals surface area (Å²) in [6, 6.07) is 8.77. The summed E-state index contributed by atoms with van der Waals surface area (Å²) in [6.07, 6.45) is 1.47. The number of aryl methyl sites for hydroxylation is 1. The SMILES string of the molecule is Cc1ccc(Cl)cc1Oc1nccc(C#N)c1Cl. The van der Waals surface area contributed by atoms with Crippen LogP contribution in [-0.4, -0.2) is 4.98 Å². The molecule has 2 aromatic rings. The van der Waals surface area contributed by atoms with Crippen LogP contribution in [0.5, 0.6) is 11.6 Å². The van der Waals surface area contributed by atoms with Gasteiger partial charge in [0.15, 0.2) is 0 Å². The highest BCUT2D eigenvalue weighted by molar-refractivity contribution is 6.33. The maximum Gasteiger partial charge on any atom is 0.239 e. The highest BCUT2D eigenvalue weighted by Crippen LogP contribution is 2.32. The molecule has 18 heavy (non-hydrogen) atoms. The Morgan fingerprint density at radius 3 is 2.78 bits per heavy atom. The second kappa shape index (κ2) is 5.26. The van der Waals surface area contributed by atoms with Crippen LogP contribution < -0.4 is 4.74 Å². The standard InChI is InChI=1S/C13H8Cl2N2O/c1-8-2-3-10(14)6-11(8)18-13-12(15)9(7-16)4-5-17-13/h2-6H,1H3. The van der Waals surface area contributed by atoms with E-state index in [-0.39, 0.29) is 10.9 Å². The number of nitriles is 1. The first-order valence-corrected chi connectivity index (χ1v) is 5.86. The average molecular weight is 279 g/mol. The molecular formula is C13H8Cl2N2O. The molecule has 0 N–H and O–H groups in total. The summed E-state index contributed by atoms with van der Waals surface area (Å²) >= 11 is 11.9. The van der Waals surface area contributed by atoms with Crippen LogP contribution in [-0.2, 0) is 0 Å². The van der Waals surface area contributed by atoms with E-state index >= 15 is 0 Å².